The number of aromatic nitrogens is 2. The molecule has 1 heterocycles. The lowest BCUT2D eigenvalue weighted by molar-refractivity contribution is 0.0970. The van der Waals surface area contributed by atoms with E-state index in [1.165, 1.54) is 18.2 Å². The van der Waals surface area contributed by atoms with Crippen molar-refractivity contribution in [1.29, 1.82) is 0 Å². The number of hydrogen-bond donors (Lipinski definition) is 0. The lowest BCUT2D eigenvalue weighted by Gasteiger charge is -2.27. The van der Waals surface area contributed by atoms with Gasteiger partial charge in [-0.2, -0.15) is 5.10 Å². The summed E-state index contributed by atoms with van der Waals surface area (Å²) in [4.78, 5) is 14.5. The van der Waals surface area contributed by atoms with Crippen LogP contribution in [0.3, 0.4) is 0 Å². The minimum absolute atomic E-state index is 0.129. The summed E-state index contributed by atoms with van der Waals surface area (Å²) < 4.78 is 14.9. The van der Waals surface area contributed by atoms with Gasteiger partial charge in [-0.15, -0.1) is 0 Å². The molecule has 2 aromatic rings. The Kier molecular flexibility index (Phi) is 4.86. The molecule has 0 saturated heterocycles. The molecule has 0 aliphatic carbocycles. The lowest BCUT2D eigenvalue weighted by atomic mass is 10.2. The van der Waals surface area contributed by atoms with E-state index < -0.39 is 5.82 Å². The molecule has 2 rings (SSSR count). The van der Waals surface area contributed by atoms with E-state index >= 15 is 0 Å². The Labute approximate surface area is 134 Å². The van der Waals surface area contributed by atoms with Crippen LogP contribution in [0.2, 0.25) is 5.02 Å². The van der Waals surface area contributed by atoms with E-state index in [2.05, 4.69) is 5.10 Å². The van der Waals surface area contributed by atoms with Crippen molar-refractivity contribution in [1.82, 2.24) is 9.78 Å². The summed E-state index contributed by atoms with van der Waals surface area (Å²) in [6, 6.07) is 5.65. The minimum Gasteiger partial charge on any atom is -0.303 e. The van der Waals surface area contributed by atoms with E-state index in [-0.39, 0.29) is 17.0 Å². The fourth-order valence-electron chi connectivity index (χ4n) is 2.38. The maximum Gasteiger partial charge on any atom is 0.276 e. The van der Waals surface area contributed by atoms with Crippen molar-refractivity contribution in [2.45, 2.75) is 40.3 Å². The summed E-state index contributed by atoms with van der Waals surface area (Å²) in [6.45, 7) is 8.13. The first-order chi connectivity index (χ1) is 10.3. The molecule has 6 heteroatoms. The third-order valence-electron chi connectivity index (χ3n) is 3.33. The van der Waals surface area contributed by atoms with E-state index in [9.17, 15) is 9.18 Å². The second-order valence-corrected chi connectivity index (χ2v) is 5.76. The molecular weight excluding hydrogens is 305 g/mol. The van der Waals surface area contributed by atoms with Crippen LogP contribution >= 0.6 is 11.6 Å². The standard InChI is InChI=1S/C16H19ClFN3O/c1-5-20-15(8-11(4)19-20)16(22)21(10(2)3)14-7-6-12(18)9-13(14)17/h6-10H,5H2,1-4H3. The molecule has 4 nitrogen and oxygen atoms in total. The number of rotatable bonds is 4. The molecular formula is C16H19ClFN3O. The van der Waals surface area contributed by atoms with Gasteiger partial charge in [-0.1, -0.05) is 11.6 Å². The van der Waals surface area contributed by atoms with Gasteiger partial charge in [-0.3, -0.25) is 9.48 Å². The Bertz CT molecular complexity index is 697. The van der Waals surface area contributed by atoms with Crippen LogP contribution in [-0.2, 0) is 6.54 Å². The van der Waals surface area contributed by atoms with Crippen molar-refractivity contribution in [3.8, 4) is 0 Å². The van der Waals surface area contributed by atoms with Gasteiger partial charge in [0.05, 0.1) is 16.4 Å². The molecule has 0 fully saturated rings. The smallest absolute Gasteiger partial charge is 0.276 e. The first kappa shape index (κ1) is 16.5. The molecule has 0 N–H and O–H groups in total. The third kappa shape index (κ3) is 3.14. The summed E-state index contributed by atoms with van der Waals surface area (Å²) in [7, 11) is 0. The normalized spacial score (nSPS) is 11.0. The zero-order valence-electron chi connectivity index (χ0n) is 13.1. The molecule has 0 unspecified atom stereocenters. The maximum absolute atomic E-state index is 13.3. The van der Waals surface area contributed by atoms with Gasteiger partial charge in [-0.05, 0) is 52.0 Å². The van der Waals surface area contributed by atoms with Crippen LogP contribution in [0, 0.1) is 12.7 Å². The summed E-state index contributed by atoms with van der Waals surface area (Å²) in [5, 5.41) is 4.51. The second-order valence-electron chi connectivity index (χ2n) is 5.35. The first-order valence-corrected chi connectivity index (χ1v) is 7.56. The Morgan fingerprint density at radius 3 is 2.64 bits per heavy atom. The van der Waals surface area contributed by atoms with Crippen molar-refractivity contribution in [2.75, 3.05) is 4.90 Å². The van der Waals surface area contributed by atoms with E-state index in [0.29, 0.717) is 17.9 Å². The van der Waals surface area contributed by atoms with Crippen molar-refractivity contribution in [3.05, 3.63) is 46.5 Å². The maximum atomic E-state index is 13.3. The SMILES string of the molecule is CCn1nc(C)cc1C(=O)N(c1ccc(F)cc1Cl)C(C)C. The largest absolute Gasteiger partial charge is 0.303 e. The molecule has 0 aliphatic rings. The topological polar surface area (TPSA) is 38.1 Å². The second kappa shape index (κ2) is 6.48. The molecule has 0 atom stereocenters. The van der Waals surface area contributed by atoms with Gasteiger partial charge < -0.3 is 4.90 Å². The number of anilines is 1. The Hall–Kier alpha value is -1.88. The molecule has 1 amide bonds. The Morgan fingerprint density at radius 2 is 2.09 bits per heavy atom. The van der Waals surface area contributed by atoms with Gasteiger partial charge >= 0.3 is 0 Å². The van der Waals surface area contributed by atoms with Crippen molar-refractivity contribution >= 4 is 23.2 Å². The molecule has 1 aromatic heterocycles. The summed E-state index contributed by atoms with van der Waals surface area (Å²) in [5.74, 6) is -0.634. The lowest BCUT2D eigenvalue weighted by Crippen LogP contribution is -2.38. The highest BCUT2D eigenvalue weighted by Crippen LogP contribution is 2.29. The highest BCUT2D eigenvalue weighted by molar-refractivity contribution is 6.34. The van der Waals surface area contributed by atoms with Crippen LogP contribution < -0.4 is 4.90 Å². The van der Waals surface area contributed by atoms with Crippen molar-refractivity contribution < 1.29 is 9.18 Å². The minimum atomic E-state index is -0.431. The molecule has 118 valence electrons. The third-order valence-corrected chi connectivity index (χ3v) is 3.63. The number of hydrogen-bond acceptors (Lipinski definition) is 2. The van der Waals surface area contributed by atoms with E-state index in [1.54, 1.807) is 15.6 Å². The molecule has 22 heavy (non-hydrogen) atoms. The number of aryl methyl sites for hydroxylation is 2. The van der Waals surface area contributed by atoms with Gasteiger partial charge in [0.2, 0.25) is 0 Å². The quantitative estimate of drug-likeness (QED) is 0.851. The van der Waals surface area contributed by atoms with E-state index in [4.69, 9.17) is 11.6 Å². The zero-order valence-corrected chi connectivity index (χ0v) is 13.9. The molecule has 0 aliphatic heterocycles. The first-order valence-electron chi connectivity index (χ1n) is 7.18. The van der Waals surface area contributed by atoms with Crippen molar-refractivity contribution in [2.24, 2.45) is 0 Å². The summed E-state index contributed by atoms with van der Waals surface area (Å²) in [6.07, 6.45) is 0. The van der Waals surface area contributed by atoms with E-state index in [1.807, 2.05) is 27.7 Å². The van der Waals surface area contributed by atoms with Crippen LogP contribution in [0.5, 0.6) is 0 Å². The van der Waals surface area contributed by atoms with Gasteiger partial charge in [0.25, 0.3) is 5.91 Å². The van der Waals surface area contributed by atoms with Gasteiger partial charge in [-0.25, -0.2) is 4.39 Å². The highest BCUT2D eigenvalue weighted by atomic mass is 35.5. The van der Waals surface area contributed by atoms with Crippen LogP contribution in [0.25, 0.3) is 0 Å². The fourth-order valence-corrected chi connectivity index (χ4v) is 2.64. The summed E-state index contributed by atoms with van der Waals surface area (Å²) in [5.41, 5.74) is 1.76. The average molecular weight is 324 g/mol. The van der Waals surface area contributed by atoms with Gasteiger partial charge in [0, 0.05) is 12.6 Å². The molecule has 1 aromatic carbocycles. The fraction of sp³-hybridized carbons (Fsp3) is 0.375. The number of benzene rings is 1. The van der Waals surface area contributed by atoms with Crippen molar-refractivity contribution in [3.63, 3.8) is 0 Å². The van der Waals surface area contributed by atoms with Gasteiger partial charge in [0.1, 0.15) is 11.5 Å². The van der Waals surface area contributed by atoms with Crippen LogP contribution in [-0.4, -0.2) is 21.7 Å². The predicted molar refractivity (Wildman–Crippen MR) is 86.0 cm³/mol. The number of nitrogens with zero attached hydrogens (tertiary/aromatic N) is 3. The van der Waals surface area contributed by atoms with Crippen LogP contribution in [0.15, 0.2) is 24.3 Å². The molecule has 0 saturated carbocycles. The van der Waals surface area contributed by atoms with E-state index in [0.717, 1.165) is 5.69 Å². The monoisotopic (exact) mass is 323 g/mol. The number of amides is 1. The highest BCUT2D eigenvalue weighted by Gasteiger charge is 2.26. The average Bonchev–Trinajstić information content (AvgIpc) is 2.82. The molecule has 0 radical (unpaired) electrons. The van der Waals surface area contributed by atoms with Gasteiger partial charge in [0.15, 0.2) is 0 Å². The zero-order chi connectivity index (χ0) is 16.4. The molecule has 0 bridgehead atoms. The number of carbonyl (C=O) groups excluding carboxylic acids is 1. The number of halogens is 2. The van der Waals surface area contributed by atoms with Crippen LogP contribution in [0.1, 0.15) is 37.0 Å². The predicted octanol–water partition coefficient (Wildman–Crippen LogP) is 4.06. The van der Waals surface area contributed by atoms with Crippen LogP contribution in [0.4, 0.5) is 10.1 Å². The number of carbonyl (C=O) groups is 1. The Morgan fingerprint density at radius 1 is 1.41 bits per heavy atom. The summed E-state index contributed by atoms with van der Waals surface area (Å²) >= 11 is 6.12. The molecule has 0 spiro atoms. The Balaban J connectivity index is 2.49.